The van der Waals surface area contributed by atoms with Gasteiger partial charge in [0, 0.05) is 6.07 Å². The summed E-state index contributed by atoms with van der Waals surface area (Å²) in [7, 11) is 0. The number of ether oxygens (including phenoxy) is 1. The average Bonchev–Trinajstić information content (AvgIpc) is 2.16. The summed E-state index contributed by atoms with van der Waals surface area (Å²) in [6, 6.07) is 3.22. The molecule has 0 aliphatic rings. The summed E-state index contributed by atoms with van der Waals surface area (Å²) < 4.78 is 40.7. The van der Waals surface area contributed by atoms with E-state index in [1.165, 1.54) is 6.07 Å². The Morgan fingerprint density at radius 1 is 1.40 bits per heavy atom. The van der Waals surface area contributed by atoms with Gasteiger partial charge in [-0.05, 0) is 12.1 Å². The average molecular weight is 235 g/mol. The smallest absolute Gasteiger partial charge is 0.387 e. The molecule has 1 aromatic carbocycles. The van der Waals surface area contributed by atoms with E-state index in [-0.39, 0.29) is 17.2 Å². The molecule has 0 amide bonds. The standard InChI is InChI=1S/C10H6ClF3O/c11-5-1-2-7-3-4-8(12)6-9(7)15-10(13)14/h3-4,6,10H,5H2. The van der Waals surface area contributed by atoms with Crippen LogP contribution in [0.4, 0.5) is 13.2 Å². The molecule has 0 fully saturated rings. The van der Waals surface area contributed by atoms with Gasteiger partial charge in [-0.1, -0.05) is 11.8 Å². The van der Waals surface area contributed by atoms with Crippen LogP contribution in [0.5, 0.6) is 5.75 Å². The zero-order valence-corrected chi connectivity index (χ0v) is 8.19. The van der Waals surface area contributed by atoms with Crippen LogP contribution in [0, 0.1) is 17.7 Å². The van der Waals surface area contributed by atoms with Crippen LogP contribution in [0.2, 0.25) is 0 Å². The molecular formula is C10H6ClF3O. The van der Waals surface area contributed by atoms with Crippen LogP contribution in [-0.4, -0.2) is 12.5 Å². The number of benzene rings is 1. The molecule has 0 aromatic heterocycles. The molecule has 1 rings (SSSR count). The van der Waals surface area contributed by atoms with Crippen molar-refractivity contribution in [3.8, 4) is 17.6 Å². The monoisotopic (exact) mass is 234 g/mol. The third-order valence-electron chi connectivity index (χ3n) is 1.45. The molecule has 0 heterocycles. The van der Waals surface area contributed by atoms with Gasteiger partial charge < -0.3 is 4.74 Å². The zero-order chi connectivity index (χ0) is 11.3. The lowest BCUT2D eigenvalue weighted by molar-refractivity contribution is -0.0501. The first-order chi connectivity index (χ1) is 7.13. The van der Waals surface area contributed by atoms with Gasteiger partial charge in [0.05, 0.1) is 11.4 Å². The van der Waals surface area contributed by atoms with Gasteiger partial charge >= 0.3 is 6.61 Å². The van der Waals surface area contributed by atoms with Gasteiger partial charge in [0.15, 0.2) is 0 Å². The van der Waals surface area contributed by atoms with Gasteiger partial charge in [0.2, 0.25) is 0 Å². The Balaban J connectivity index is 3.03. The molecule has 0 aliphatic heterocycles. The normalized spacial score (nSPS) is 9.67. The molecule has 15 heavy (non-hydrogen) atoms. The van der Waals surface area contributed by atoms with Crippen LogP contribution in [0.1, 0.15) is 5.56 Å². The zero-order valence-electron chi connectivity index (χ0n) is 7.44. The van der Waals surface area contributed by atoms with Gasteiger partial charge in [-0.2, -0.15) is 8.78 Å². The van der Waals surface area contributed by atoms with Gasteiger partial charge in [-0.15, -0.1) is 11.6 Å². The Morgan fingerprint density at radius 2 is 2.13 bits per heavy atom. The SMILES string of the molecule is Fc1ccc(C#CCCl)c(OC(F)F)c1. The van der Waals surface area contributed by atoms with Crippen molar-refractivity contribution in [2.75, 3.05) is 5.88 Å². The van der Waals surface area contributed by atoms with E-state index in [0.717, 1.165) is 12.1 Å². The van der Waals surface area contributed by atoms with E-state index in [9.17, 15) is 13.2 Å². The molecule has 1 aromatic rings. The summed E-state index contributed by atoms with van der Waals surface area (Å²) in [5, 5.41) is 0. The second-order valence-electron chi connectivity index (χ2n) is 2.45. The van der Waals surface area contributed by atoms with Crippen molar-refractivity contribution in [1.82, 2.24) is 0 Å². The maximum atomic E-state index is 12.7. The van der Waals surface area contributed by atoms with Crippen LogP contribution < -0.4 is 4.74 Å². The third kappa shape index (κ3) is 3.72. The molecule has 5 heteroatoms. The number of hydrogen-bond donors (Lipinski definition) is 0. The van der Waals surface area contributed by atoms with Gasteiger partial charge in [-0.25, -0.2) is 4.39 Å². The summed E-state index contributed by atoms with van der Waals surface area (Å²) in [4.78, 5) is 0. The van der Waals surface area contributed by atoms with Crippen molar-refractivity contribution in [3.05, 3.63) is 29.6 Å². The summed E-state index contributed by atoms with van der Waals surface area (Å²) in [6.07, 6.45) is 0. The third-order valence-corrected chi connectivity index (χ3v) is 1.58. The first-order valence-electron chi connectivity index (χ1n) is 3.92. The van der Waals surface area contributed by atoms with E-state index in [4.69, 9.17) is 11.6 Å². The van der Waals surface area contributed by atoms with E-state index in [0.29, 0.717) is 0 Å². The van der Waals surface area contributed by atoms with E-state index in [2.05, 4.69) is 16.6 Å². The van der Waals surface area contributed by atoms with E-state index in [1.807, 2.05) is 0 Å². The fourth-order valence-corrected chi connectivity index (χ4v) is 0.988. The van der Waals surface area contributed by atoms with Crippen LogP contribution in [0.15, 0.2) is 18.2 Å². The Hall–Kier alpha value is -1.34. The predicted molar refractivity (Wildman–Crippen MR) is 50.6 cm³/mol. The lowest BCUT2D eigenvalue weighted by atomic mass is 10.2. The van der Waals surface area contributed by atoms with E-state index in [1.54, 1.807) is 0 Å². The highest BCUT2D eigenvalue weighted by molar-refractivity contribution is 6.19. The maximum absolute atomic E-state index is 12.7. The van der Waals surface area contributed by atoms with Crippen LogP contribution in [-0.2, 0) is 0 Å². The summed E-state index contributed by atoms with van der Waals surface area (Å²) in [5.74, 6) is 4.06. The highest BCUT2D eigenvalue weighted by Gasteiger charge is 2.09. The van der Waals surface area contributed by atoms with Crippen molar-refractivity contribution in [2.45, 2.75) is 6.61 Å². The number of alkyl halides is 3. The maximum Gasteiger partial charge on any atom is 0.387 e. The fraction of sp³-hybridized carbons (Fsp3) is 0.200. The first kappa shape index (κ1) is 11.7. The van der Waals surface area contributed by atoms with Crippen LogP contribution in [0.3, 0.4) is 0 Å². The molecule has 0 saturated heterocycles. The summed E-state index contributed by atoms with van der Waals surface area (Å²) in [6.45, 7) is -3.01. The van der Waals surface area contributed by atoms with Crippen molar-refractivity contribution >= 4 is 11.6 Å². The summed E-state index contributed by atoms with van der Waals surface area (Å²) in [5.41, 5.74) is 0.178. The lowest BCUT2D eigenvalue weighted by Gasteiger charge is -2.06. The quantitative estimate of drug-likeness (QED) is 0.565. The van der Waals surface area contributed by atoms with Gasteiger partial charge in [0.25, 0.3) is 0 Å². The Kier molecular flexibility index (Phi) is 4.32. The lowest BCUT2D eigenvalue weighted by Crippen LogP contribution is -2.03. The van der Waals surface area contributed by atoms with Gasteiger partial charge in [-0.3, -0.25) is 0 Å². The molecule has 0 atom stereocenters. The second kappa shape index (κ2) is 5.52. The summed E-state index contributed by atoms with van der Waals surface area (Å²) >= 11 is 5.30. The minimum atomic E-state index is -3.01. The van der Waals surface area contributed by atoms with Crippen LogP contribution in [0.25, 0.3) is 0 Å². The highest BCUT2D eigenvalue weighted by atomic mass is 35.5. The number of halogens is 4. The first-order valence-corrected chi connectivity index (χ1v) is 4.46. The molecule has 0 aliphatic carbocycles. The molecule has 0 bridgehead atoms. The minimum absolute atomic E-state index is 0.0610. The van der Waals surface area contributed by atoms with Crippen LogP contribution >= 0.6 is 11.6 Å². The largest absolute Gasteiger partial charge is 0.433 e. The van der Waals surface area contributed by atoms with Gasteiger partial charge in [0.1, 0.15) is 11.6 Å². The van der Waals surface area contributed by atoms with Crippen molar-refractivity contribution in [1.29, 1.82) is 0 Å². The Morgan fingerprint density at radius 3 is 2.73 bits per heavy atom. The molecule has 0 spiro atoms. The molecular weight excluding hydrogens is 229 g/mol. The number of hydrogen-bond acceptors (Lipinski definition) is 1. The number of rotatable bonds is 2. The molecule has 0 radical (unpaired) electrons. The highest BCUT2D eigenvalue weighted by Crippen LogP contribution is 2.21. The van der Waals surface area contributed by atoms with Crippen molar-refractivity contribution in [3.63, 3.8) is 0 Å². The fourth-order valence-electron chi connectivity index (χ4n) is 0.922. The van der Waals surface area contributed by atoms with E-state index >= 15 is 0 Å². The second-order valence-corrected chi connectivity index (χ2v) is 2.72. The Labute approximate surface area is 89.8 Å². The molecule has 0 N–H and O–H groups in total. The topological polar surface area (TPSA) is 9.23 Å². The van der Waals surface area contributed by atoms with Crippen molar-refractivity contribution in [2.24, 2.45) is 0 Å². The molecule has 80 valence electrons. The minimum Gasteiger partial charge on any atom is -0.433 e. The molecule has 0 saturated carbocycles. The molecule has 0 unspecified atom stereocenters. The Bertz CT molecular complexity index is 395. The van der Waals surface area contributed by atoms with E-state index < -0.39 is 12.4 Å². The predicted octanol–water partition coefficient (Wildman–Crippen LogP) is 3.02. The molecule has 1 nitrogen and oxygen atoms in total. The van der Waals surface area contributed by atoms with Crippen molar-refractivity contribution < 1.29 is 17.9 Å².